The predicted octanol–water partition coefficient (Wildman–Crippen LogP) is 7.43. The summed E-state index contributed by atoms with van der Waals surface area (Å²) >= 11 is 0. The van der Waals surface area contributed by atoms with E-state index < -0.39 is 29.4 Å². The van der Waals surface area contributed by atoms with Crippen LogP contribution in [0.25, 0.3) is 0 Å². The van der Waals surface area contributed by atoms with Crippen LogP contribution in [-0.2, 0) is 11.3 Å². The summed E-state index contributed by atoms with van der Waals surface area (Å²) in [5, 5.41) is 36.2. The van der Waals surface area contributed by atoms with Crippen molar-refractivity contribution in [1.82, 2.24) is 5.32 Å². The molecule has 1 aromatic rings. The molecule has 0 heterocycles. The number of unbranched alkanes of at least 4 members (excludes halogenated alkanes) is 12. The van der Waals surface area contributed by atoms with Crippen molar-refractivity contribution in [3.63, 3.8) is 0 Å². The highest BCUT2D eigenvalue weighted by atomic mass is 16.5. The van der Waals surface area contributed by atoms with Crippen molar-refractivity contribution in [2.45, 2.75) is 160 Å². The largest absolute Gasteiger partial charge is 0.445 e. The van der Waals surface area contributed by atoms with Crippen molar-refractivity contribution in [2.75, 3.05) is 0 Å². The molecule has 0 saturated heterocycles. The van der Waals surface area contributed by atoms with E-state index in [4.69, 9.17) is 4.74 Å². The van der Waals surface area contributed by atoms with E-state index in [2.05, 4.69) is 12.2 Å². The third-order valence-electron chi connectivity index (χ3n) is 7.78. The lowest BCUT2D eigenvalue weighted by Crippen LogP contribution is -2.70. The zero-order valence-electron chi connectivity index (χ0n) is 24.7. The highest BCUT2D eigenvalue weighted by molar-refractivity contribution is 5.69. The highest BCUT2D eigenvalue weighted by Gasteiger charge is 2.52. The molecular formula is C32H57NO5. The summed E-state index contributed by atoms with van der Waals surface area (Å²) in [6.07, 6.45) is 13.8. The second kappa shape index (κ2) is 19.4. The Labute approximate surface area is 232 Å². The van der Waals surface area contributed by atoms with Gasteiger partial charge < -0.3 is 25.4 Å². The summed E-state index contributed by atoms with van der Waals surface area (Å²) < 4.78 is 5.41. The van der Waals surface area contributed by atoms with Gasteiger partial charge in [0.15, 0.2) is 0 Å². The quantitative estimate of drug-likeness (QED) is 0.116. The van der Waals surface area contributed by atoms with Crippen LogP contribution in [0.4, 0.5) is 4.79 Å². The molecule has 38 heavy (non-hydrogen) atoms. The van der Waals surface area contributed by atoms with Crippen molar-refractivity contribution >= 4 is 6.09 Å². The summed E-state index contributed by atoms with van der Waals surface area (Å²) in [4.78, 5) is 12.8. The molecule has 0 fully saturated rings. The number of carbonyl (C=O) groups is 1. The van der Waals surface area contributed by atoms with E-state index >= 15 is 0 Å². The minimum atomic E-state index is -1.48. The molecule has 0 aliphatic rings. The molecule has 0 aromatic heterocycles. The van der Waals surface area contributed by atoms with Crippen LogP contribution in [0.3, 0.4) is 0 Å². The minimum absolute atomic E-state index is 0.0832. The summed E-state index contributed by atoms with van der Waals surface area (Å²) in [6, 6.07) is 9.35. The van der Waals surface area contributed by atoms with Crippen molar-refractivity contribution in [1.29, 1.82) is 0 Å². The highest BCUT2D eigenvalue weighted by Crippen LogP contribution is 2.34. The molecule has 3 atom stereocenters. The SMILES string of the molecule is CCCCCCCCCCCCCCC(O)C(O)C(CCCC)(NC(=O)OCc1ccccc1)C(C)(C)O. The Bertz CT molecular complexity index is 720. The lowest BCUT2D eigenvalue weighted by Gasteiger charge is -2.48. The van der Waals surface area contributed by atoms with Gasteiger partial charge in [0, 0.05) is 0 Å². The fraction of sp³-hybridized carbons (Fsp3) is 0.781. The topological polar surface area (TPSA) is 99.0 Å². The van der Waals surface area contributed by atoms with Crippen LogP contribution in [0.15, 0.2) is 30.3 Å². The van der Waals surface area contributed by atoms with Crippen molar-refractivity contribution < 1.29 is 24.9 Å². The molecule has 220 valence electrons. The maximum atomic E-state index is 12.8. The predicted molar refractivity (Wildman–Crippen MR) is 156 cm³/mol. The van der Waals surface area contributed by atoms with Crippen LogP contribution in [-0.4, -0.2) is 44.8 Å². The van der Waals surface area contributed by atoms with Gasteiger partial charge in [-0.2, -0.15) is 0 Å². The van der Waals surface area contributed by atoms with Crippen LogP contribution in [0.2, 0.25) is 0 Å². The lowest BCUT2D eigenvalue weighted by atomic mass is 9.71. The molecule has 0 bridgehead atoms. The Hall–Kier alpha value is -1.63. The number of amides is 1. The van der Waals surface area contributed by atoms with Gasteiger partial charge in [0.25, 0.3) is 0 Å². The number of benzene rings is 1. The first kappa shape index (κ1) is 34.4. The number of hydrogen-bond acceptors (Lipinski definition) is 5. The first-order valence-electron chi connectivity index (χ1n) is 15.2. The Morgan fingerprint density at radius 1 is 0.816 bits per heavy atom. The van der Waals surface area contributed by atoms with E-state index in [1.807, 2.05) is 37.3 Å². The maximum absolute atomic E-state index is 12.8. The van der Waals surface area contributed by atoms with Gasteiger partial charge >= 0.3 is 6.09 Å². The zero-order valence-corrected chi connectivity index (χ0v) is 24.7. The summed E-state index contributed by atoms with van der Waals surface area (Å²) in [5.41, 5.74) is -2.07. The molecule has 0 aliphatic carbocycles. The number of rotatable bonds is 22. The number of aliphatic hydroxyl groups excluding tert-OH is 2. The Kier molecular flexibility index (Phi) is 17.6. The van der Waals surface area contributed by atoms with E-state index in [1.165, 1.54) is 57.8 Å². The molecule has 0 aliphatic heterocycles. The number of alkyl carbamates (subject to hydrolysis) is 1. The second-order valence-electron chi connectivity index (χ2n) is 11.5. The van der Waals surface area contributed by atoms with E-state index in [1.54, 1.807) is 13.8 Å². The molecule has 4 N–H and O–H groups in total. The van der Waals surface area contributed by atoms with E-state index in [9.17, 15) is 20.1 Å². The van der Waals surface area contributed by atoms with Crippen LogP contribution >= 0.6 is 0 Å². The fourth-order valence-electron chi connectivity index (χ4n) is 5.18. The molecule has 1 amide bonds. The van der Waals surface area contributed by atoms with Crippen molar-refractivity contribution in [3.05, 3.63) is 35.9 Å². The number of aliphatic hydroxyl groups is 3. The summed E-state index contributed by atoms with van der Waals surface area (Å²) in [7, 11) is 0. The van der Waals surface area contributed by atoms with Gasteiger partial charge in [-0.05, 0) is 32.3 Å². The molecule has 0 saturated carbocycles. The van der Waals surface area contributed by atoms with E-state index in [0.29, 0.717) is 19.3 Å². The van der Waals surface area contributed by atoms with Crippen LogP contribution in [0.5, 0.6) is 0 Å². The molecule has 1 aromatic carbocycles. The second-order valence-corrected chi connectivity index (χ2v) is 11.5. The van der Waals surface area contributed by atoms with Gasteiger partial charge in [0.2, 0.25) is 0 Å². The van der Waals surface area contributed by atoms with E-state index in [0.717, 1.165) is 31.2 Å². The monoisotopic (exact) mass is 535 g/mol. The van der Waals surface area contributed by atoms with Crippen molar-refractivity contribution in [2.24, 2.45) is 0 Å². The molecular weight excluding hydrogens is 478 g/mol. The molecule has 0 radical (unpaired) electrons. The van der Waals surface area contributed by atoms with Gasteiger partial charge in [-0.25, -0.2) is 4.79 Å². The first-order valence-corrected chi connectivity index (χ1v) is 15.2. The van der Waals surface area contributed by atoms with Crippen LogP contribution < -0.4 is 5.32 Å². The van der Waals surface area contributed by atoms with Crippen molar-refractivity contribution in [3.8, 4) is 0 Å². The minimum Gasteiger partial charge on any atom is -0.445 e. The van der Waals surface area contributed by atoms with Gasteiger partial charge in [-0.1, -0.05) is 134 Å². The number of hydrogen-bond donors (Lipinski definition) is 4. The van der Waals surface area contributed by atoms with Gasteiger partial charge in [-0.3, -0.25) is 0 Å². The van der Waals surface area contributed by atoms with Gasteiger partial charge in [-0.15, -0.1) is 0 Å². The summed E-state index contributed by atoms with van der Waals surface area (Å²) in [5.74, 6) is 0. The zero-order chi connectivity index (χ0) is 28.3. The first-order chi connectivity index (χ1) is 18.2. The molecule has 6 nitrogen and oxygen atoms in total. The molecule has 6 heteroatoms. The maximum Gasteiger partial charge on any atom is 0.408 e. The number of ether oxygens (including phenoxy) is 1. The smallest absolute Gasteiger partial charge is 0.408 e. The molecule has 1 rings (SSSR count). The van der Waals surface area contributed by atoms with Crippen LogP contribution in [0, 0.1) is 0 Å². The lowest BCUT2D eigenvalue weighted by molar-refractivity contribution is -0.128. The fourth-order valence-corrected chi connectivity index (χ4v) is 5.18. The Balaban J connectivity index is 2.57. The van der Waals surface area contributed by atoms with Gasteiger partial charge in [0.05, 0.1) is 17.2 Å². The Morgan fingerprint density at radius 3 is 1.82 bits per heavy atom. The molecule has 3 unspecified atom stereocenters. The van der Waals surface area contributed by atoms with Gasteiger partial charge in [0.1, 0.15) is 12.7 Å². The number of carbonyl (C=O) groups excluding carboxylic acids is 1. The third kappa shape index (κ3) is 12.9. The van der Waals surface area contributed by atoms with E-state index in [-0.39, 0.29) is 6.61 Å². The van der Waals surface area contributed by atoms with Crippen LogP contribution in [0.1, 0.15) is 136 Å². The third-order valence-corrected chi connectivity index (χ3v) is 7.78. The normalized spacial score (nSPS) is 15.0. The standard InChI is InChI=1S/C32H57NO5/c1-5-7-9-10-11-12-13-14-15-16-17-21-24-28(34)29(35)32(25-8-6-2,31(3,4)37)33-30(36)38-26-27-22-19-18-20-23-27/h18-20,22-23,28-29,34-35,37H,5-17,21,24-26H2,1-4H3,(H,33,36). The average molecular weight is 536 g/mol. The molecule has 0 spiro atoms. The Morgan fingerprint density at radius 2 is 1.32 bits per heavy atom. The number of nitrogens with one attached hydrogen (secondary N) is 1. The average Bonchev–Trinajstić information content (AvgIpc) is 2.89. The summed E-state index contributed by atoms with van der Waals surface area (Å²) in [6.45, 7) is 7.48.